The average Bonchev–Trinajstić information content (AvgIpc) is 3.22. The van der Waals surface area contributed by atoms with Crippen LogP contribution in [0.2, 0.25) is 0 Å². The van der Waals surface area contributed by atoms with Gasteiger partial charge in [0.2, 0.25) is 0 Å². The van der Waals surface area contributed by atoms with Crippen molar-refractivity contribution < 1.29 is 14.4 Å². The number of carbonyl (C=O) groups is 3. The molecule has 1 amide bonds. The number of amides is 1. The highest BCUT2D eigenvalue weighted by molar-refractivity contribution is 7.13. The number of nitrogens with one attached hydrogen (secondary N) is 2. The Kier molecular flexibility index (Phi) is 5.95. The number of thiophene rings is 1. The molecule has 0 saturated heterocycles. The monoisotopic (exact) mass is 420 g/mol. The summed E-state index contributed by atoms with van der Waals surface area (Å²) in [5, 5.41) is 10.0. The first kappa shape index (κ1) is 20.3. The average molecular weight is 421 g/mol. The molecule has 1 saturated carbocycles. The van der Waals surface area contributed by atoms with Gasteiger partial charge in [0.25, 0.3) is 5.91 Å². The van der Waals surface area contributed by atoms with E-state index in [9.17, 15) is 14.4 Å². The molecular weight excluding hydrogens is 396 g/mol. The van der Waals surface area contributed by atoms with Crippen LogP contribution in [0, 0.1) is 0 Å². The van der Waals surface area contributed by atoms with E-state index in [-0.39, 0.29) is 18.2 Å². The predicted octanol–water partition coefficient (Wildman–Crippen LogP) is 4.83. The summed E-state index contributed by atoms with van der Waals surface area (Å²) in [4.78, 5) is 38.4. The number of carbonyl (C=O) groups excluding carboxylic acids is 3. The van der Waals surface area contributed by atoms with Crippen LogP contribution in [-0.2, 0) is 4.79 Å². The van der Waals surface area contributed by atoms with Crippen molar-refractivity contribution in [2.45, 2.75) is 37.6 Å². The highest BCUT2D eigenvalue weighted by atomic mass is 32.1. The van der Waals surface area contributed by atoms with Gasteiger partial charge < -0.3 is 15.4 Å². The molecule has 4 rings (SSSR count). The maximum atomic E-state index is 13.7. The third-order valence-electron chi connectivity index (χ3n) is 5.76. The standard InChI is InChI=1S/C24H24N2O3S/c27-15-14-25-20-11-5-4-10-19(20)22(28)24(12-6-1-7-13-24)26-23(29)21-18-9-3-2-8-17(18)16-30-21/h2-5,8-11,15-16,25H,1,6-7,12-14H2,(H,26,29). The van der Waals surface area contributed by atoms with Crippen molar-refractivity contribution in [3.63, 3.8) is 0 Å². The van der Waals surface area contributed by atoms with E-state index in [4.69, 9.17) is 0 Å². The fraction of sp³-hybridized carbons (Fsp3) is 0.292. The van der Waals surface area contributed by atoms with E-state index in [0.29, 0.717) is 29.0 Å². The van der Waals surface area contributed by atoms with Crippen LogP contribution in [0.25, 0.3) is 10.8 Å². The molecule has 2 N–H and O–H groups in total. The molecule has 6 heteroatoms. The van der Waals surface area contributed by atoms with Crippen molar-refractivity contribution in [2.75, 3.05) is 11.9 Å². The van der Waals surface area contributed by atoms with Crippen LogP contribution in [0.4, 0.5) is 5.69 Å². The maximum absolute atomic E-state index is 13.7. The van der Waals surface area contributed by atoms with Crippen LogP contribution in [0.3, 0.4) is 0 Å². The van der Waals surface area contributed by atoms with Gasteiger partial charge in [-0.1, -0.05) is 55.7 Å². The molecule has 1 aliphatic carbocycles. The van der Waals surface area contributed by atoms with Gasteiger partial charge in [-0.25, -0.2) is 0 Å². The number of para-hydroxylation sites is 1. The summed E-state index contributed by atoms with van der Waals surface area (Å²) in [5.74, 6) is -0.291. The van der Waals surface area contributed by atoms with Gasteiger partial charge in [0.05, 0.1) is 11.4 Å². The van der Waals surface area contributed by atoms with E-state index in [1.165, 1.54) is 11.3 Å². The van der Waals surface area contributed by atoms with E-state index in [2.05, 4.69) is 10.6 Å². The summed E-state index contributed by atoms with van der Waals surface area (Å²) in [5.41, 5.74) is 0.201. The lowest BCUT2D eigenvalue weighted by Gasteiger charge is -2.37. The molecule has 2 aromatic carbocycles. The molecule has 1 aromatic heterocycles. The molecule has 3 aromatic rings. The van der Waals surface area contributed by atoms with E-state index >= 15 is 0 Å². The van der Waals surface area contributed by atoms with Gasteiger partial charge in [0.1, 0.15) is 11.8 Å². The van der Waals surface area contributed by atoms with Crippen LogP contribution in [-0.4, -0.2) is 30.1 Å². The third-order valence-corrected chi connectivity index (χ3v) is 6.77. The van der Waals surface area contributed by atoms with E-state index in [0.717, 1.165) is 36.3 Å². The van der Waals surface area contributed by atoms with Gasteiger partial charge in [-0.3, -0.25) is 9.59 Å². The van der Waals surface area contributed by atoms with E-state index in [1.54, 1.807) is 12.1 Å². The molecule has 1 heterocycles. The zero-order valence-corrected chi connectivity index (χ0v) is 17.5. The fourth-order valence-corrected chi connectivity index (χ4v) is 5.17. The van der Waals surface area contributed by atoms with Gasteiger partial charge in [0, 0.05) is 16.6 Å². The largest absolute Gasteiger partial charge is 0.378 e. The number of fused-ring (bicyclic) bond motifs is 1. The minimum Gasteiger partial charge on any atom is -0.378 e. The molecular formula is C24H24N2O3S. The number of hydrogen-bond donors (Lipinski definition) is 2. The second-order valence-corrected chi connectivity index (χ2v) is 8.55. The number of Topliss-reactive ketones (excluding diaryl/α,β-unsaturated/α-hetero) is 1. The number of hydrogen-bond acceptors (Lipinski definition) is 5. The summed E-state index contributed by atoms with van der Waals surface area (Å²) >= 11 is 1.41. The maximum Gasteiger partial charge on any atom is 0.262 e. The minimum absolute atomic E-state index is 0.0922. The molecule has 0 aliphatic heterocycles. The predicted molar refractivity (Wildman–Crippen MR) is 120 cm³/mol. The molecule has 0 bridgehead atoms. The summed E-state index contributed by atoms with van der Waals surface area (Å²) < 4.78 is 0. The first-order valence-electron chi connectivity index (χ1n) is 10.2. The SMILES string of the molecule is O=CCNc1ccccc1C(=O)C1(NC(=O)c2scc3ccccc23)CCCCC1. The smallest absolute Gasteiger partial charge is 0.262 e. The number of aldehydes is 1. The Morgan fingerprint density at radius 2 is 1.73 bits per heavy atom. The summed E-state index contributed by atoms with van der Waals surface area (Å²) in [6.45, 7) is 0.130. The number of ketones is 1. The molecule has 5 nitrogen and oxygen atoms in total. The lowest BCUT2D eigenvalue weighted by Crippen LogP contribution is -2.55. The minimum atomic E-state index is -0.931. The third kappa shape index (κ3) is 3.87. The first-order valence-corrected chi connectivity index (χ1v) is 11.1. The number of benzene rings is 2. The second-order valence-electron chi connectivity index (χ2n) is 7.67. The molecule has 154 valence electrons. The Bertz CT molecular complexity index is 1080. The van der Waals surface area contributed by atoms with Gasteiger partial charge in [-0.2, -0.15) is 0 Å². The van der Waals surface area contributed by atoms with Crippen molar-refractivity contribution in [3.8, 4) is 0 Å². The lowest BCUT2D eigenvalue weighted by atomic mass is 9.76. The van der Waals surface area contributed by atoms with Gasteiger partial charge >= 0.3 is 0 Å². The van der Waals surface area contributed by atoms with Gasteiger partial charge in [0.15, 0.2) is 5.78 Å². The Hall–Kier alpha value is -2.99. The van der Waals surface area contributed by atoms with Crippen molar-refractivity contribution in [2.24, 2.45) is 0 Å². The zero-order chi connectivity index (χ0) is 21.0. The molecule has 1 fully saturated rings. The lowest BCUT2D eigenvalue weighted by molar-refractivity contribution is -0.106. The van der Waals surface area contributed by atoms with Crippen LogP contribution >= 0.6 is 11.3 Å². The van der Waals surface area contributed by atoms with E-state index < -0.39 is 5.54 Å². The highest BCUT2D eigenvalue weighted by Crippen LogP contribution is 2.35. The van der Waals surface area contributed by atoms with Crippen molar-refractivity contribution in [1.29, 1.82) is 0 Å². The second kappa shape index (κ2) is 8.79. The molecule has 30 heavy (non-hydrogen) atoms. The normalized spacial score (nSPS) is 15.5. The molecule has 1 aliphatic rings. The number of anilines is 1. The Morgan fingerprint density at radius 1 is 1.00 bits per heavy atom. The van der Waals surface area contributed by atoms with Gasteiger partial charge in [-0.15, -0.1) is 11.3 Å². The Balaban J connectivity index is 1.67. The first-order chi connectivity index (χ1) is 14.6. The molecule has 0 spiro atoms. The van der Waals surface area contributed by atoms with Crippen LogP contribution in [0.1, 0.15) is 52.1 Å². The quantitative estimate of drug-likeness (QED) is 0.424. The van der Waals surface area contributed by atoms with Gasteiger partial charge in [-0.05, 0) is 35.7 Å². The highest BCUT2D eigenvalue weighted by Gasteiger charge is 2.42. The zero-order valence-electron chi connectivity index (χ0n) is 16.6. The van der Waals surface area contributed by atoms with Crippen LogP contribution < -0.4 is 10.6 Å². The number of rotatable bonds is 7. The summed E-state index contributed by atoms with van der Waals surface area (Å²) in [6.07, 6.45) is 4.83. The molecule has 0 unspecified atom stereocenters. The Labute approximate surface area is 179 Å². The van der Waals surface area contributed by atoms with Crippen LogP contribution in [0.15, 0.2) is 53.9 Å². The van der Waals surface area contributed by atoms with Crippen molar-refractivity contribution in [1.82, 2.24) is 5.32 Å². The molecule has 0 atom stereocenters. The fourth-order valence-electron chi connectivity index (χ4n) is 4.25. The topological polar surface area (TPSA) is 75.3 Å². The summed E-state index contributed by atoms with van der Waals surface area (Å²) in [7, 11) is 0. The van der Waals surface area contributed by atoms with Crippen LogP contribution in [0.5, 0.6) is 0 Å². The Morgan fingerprint density at radius 3 is 2.53 bits per heavy atom. The van der Waals surface area contributed by atoms with Crippen molar-refractivity contribution in [3.05, 3.63) is 64.4 Å². The van der Waals surface area contributed by atoms with E-state index in [1.807, 2.05) is 41.8 Å². The molecule has 0 radical (unpaired) electrons. The summed E-state index contributed by atoms with van der Waals surface area (Å²) in [6, 6.07) is 15.0. The van der Waals surface area contributed by atoms with Crippen molar-refractivity contribution >= 4 is 45.8 Å².